The predicted molar refractivity (Wildman–Crippen MR) is 87.1 cm³/mol. The van der Waals surface area contributed by atoms with Crippen molar-refractivity contribution >= 4 is 17.8 Å². The van der Waals surface area contributed by atoms with Crippen LogP contribution in [0.4, 0.5) is 10.5 Å². The molecule has 2 rings (SSSR count). The third kappa shape index (κ3) is 4.02. The van der Waals surface area contributed by atoms with Gasteiger partial charge in [0.1, 0.15) is 11.5 Å². The molecule has 0 bridgehead atoms. The number of anilines is 1. The van der Waals surface area contributed by atoms with Crippen LogP contribution in [0, 0.1) is 0 Å². The minimum atomic E-state index is -0.273. The van der Waals surface area contributed by atoms with E-state index >= 15 is 0 Å². The van der Waals surface area contributed by atoms with Gasteiger partial charge in [-0.3, -0.25) is 4.90 Å². The third-order valence-corrected chi connectivity index (χ3v) is 3.12. The first-order valence-corrected chi connectivity index (χ1v) is 6.74. The highest BCUT2D eigenvalue weighted by Gasteiger charge is 2.08. The van der Waals surface area contributed by atoms with Gasteiger partial charge in [-0.05, 0) is 48.0 Å². The first-order chi connectivity index (χ1) is 10.6. The van der Waals surface area contributed by atoms with Crippen LogP contribution in [-0.4, -0.2) is 25.3 Å². The van der Waals surface area contributed by atoms with E-state index in [9.17, 15) is 9.90 Å². The van der Waals surface area contributed by atoms with E-state index in [1.54, 1.807) is 38.6 Å². The highest BCUT2D eigenvalue weighted by molar-refractivity contribution is 5.92. The molecule has 0 aliphatic heterocycles. The van der Waals surface area contributed by atoms with Crippen LogP contribution in [-0.2, 0) is 0 Å². The average molecular weight is 298 g/mol. The second-order valence-corrected chi connectivity index (χ2v) is 4.63. The molecule has 2 N–H and O–H groups in total. The fourth-order valence-electron chi connectivity index (χ4n) is 1.84. The van der Waals surface area contributed by atoms with E-state index < -0.39 is 0 Å². The van der Waals surface area contributed by atoms with Crippen molar-refractivity contribution in [1.29, 1.82) is 0 Å². The SMILES string of the molecule is COc1cccc(/C=C/NC(=O)N(C)c2ccc(O)cc2)c1. The first-order valence-electron chi connectivity index (χ1n) is 6.74. The molecule has 0 spiro atoms. The van der Waals surface area contributed by atoms with E-state index in [1.165, 1.54) is 17.0 Å². The monoisotopic (exact) mass is 298 g/mol. The van der Waals surface area contributed by atoms with Crippen molar-refractivity contribution in [2.45, 2.75) is 0 Å². The maximum Gasteiger partial charge on any atom is 0.325 e. The molecular weight excluding hydrogens is 280 g/mol. The number of phenols is 1. The Kier molecular flexibility index (Phi) is 5.03. The Hall–Kier alpha value is -2.95. The fourth-order valence-corrected chi connectivity index (χ4v) is 1.84. The van der Waals surface area contributed by atoms with Crippen LogP contribution in [0.1, 0.15) is 5.56 Å². The zero-order valence-corrected chi connectivity index (χ0v) is 12.5. The Labute approximate surface area is 129 Å². The molecule has 2 amide bonds. The Morgan fingerprint density at radius 1 is 1.23 bits per heavy atom. The van der Waals surface area contributed by atoms with E-state index in [4.69, 9.17) is 4.74 Å². The van der Waals surface area contributed by atoms with Crippen molar-refractivity contribution in [3.05, 3.63) is 60.3 Å². The van der Waals surface area contributed by atoms with Gasteiger partial charge in [-0.25, -0.2) is 4.79 Å². The van der Waals surface area contributed by atoms with Gasteiger partial charge >= 0.3 is 6.03 Å². The average Bonchev–Trinajstić information content (AvgIpc) is 2.55. The summed E-state index contributed by atoms with van der Waals surface area (Å²) in [6.07, 6.45) is 3.36. The van der Waals surface area contributed by atoms with Crippen LogP contribution >= 0.6 is 0 Å². The molecule has 0 atom stereocenters. The number of nitrogens with one attached hydrogen (secondary N) is 1. The van der Waals surface area contributed by atoms with Crippen molar-refractivity contribution in [3.8, 4) is 11.5 Å². The summed E-state index contributed by atoms with van der Waals surface area (Å²) in [7, 11) is 3.26. The molecule has 0 saturated carbocycles. The van der Waals surface area contributed by atoms with E-state index in [2.05, 4.69) is 5.32 Å². The van der Waals surface area contributed by atoms with Crippen LogP contribution in [0.25, 0.3) is 6.08 Å². The zero-order chi connectivity index (χ0) is 15.9. The molecule has 2 aromatic carbocycles. The molecule has 5 nitrogen and oxygen atoms in total. The summed E-state index contributed by atoms with van der Waals surface area (Å²) in [6, 6.07) is 13.6. The van der Waals surface area contributed by atoms with Crippen molar-refractivity contribution in [3.63, 3.8) is 0 Å². The summed E-state index contributed by atoms with van der Waals surface area (Å²) >= 11 is 0. The number of aromatic hydroxyl groups is 1. The van der Waals surface area contributed by atoms with Gasteiger partial charge in [-0.15, -0.1) is 0 Å². The van der Waals surface area contributed by atoms with Crippen molar-refractivity contribution in [2.24, 2.45) is 0 Å². The molecule has 0 radical (unpaired) electrons. The minimum Gasteiger partial charge on any atom is -0.508 e. The normalized spacial score (nSPS) is 10.5. The molecule has 5 heteroatoms. The summed E-state index contributed by atoms with van der Waals surface area (Å²) in [6.45, 7) is 0. The molecule has 0 fully saturated rings. The third-order valence-electron chi connectivity index (χ3n) is 3.12. The Morgan fingerprint density at radius 3 is 2.64 bits per heavy atom. The number of ether oxygens (including phenoxy) is 1. The van der Waals surface area contributed by atoms with Crippen LogP contribution in [0.5, 0.6) is 11.5 Å². The van der Waals surface area contributed by atoms with Crippen LogP contribution < -0.4 is 15.0 Å². The quantitative estimate of drug-likeness (QED) is 0.911. The number of methoxy groups -OCH3 is 1. The van der Waals surface area contributed by atoms with Gasteiger partial charge in [0.15, 0.2) is 0 Å². The number of urea groups is 1. The number of nitrogens with zero attached hydrogens (tertiary/aromatic N) is 1. The Bertz CT molecular complexity index is 666. The van der Waals surface area contributed by atoms with Gasteiger partial charge in [-0.1, -0.05) is 12.1 Å². The maximum absolute atomic E-state index is 12.0. The largest absolute Gasteiger partial charge is 0.508 e. The summed E-state index contributed by atoms with van der Waals surface area (Å²) in [5.74, 6) is 0.921. The van der Waals surface area contributed by atoms with E-state index in [1.807, 2.05) is 24.3 Å². The first kappa shape index (κ1) is 15.4. The number of hydrogen-bond acceptors (Lipinski definition) is 3. The summed E-state index contributed by atoms with van der Waals surface area (Å²) in [4.78, 5) is 13.5. The molecule has 0 aliphatic carbocycles. The fraction of sp³-hybridized carbons (Fsp3) is 0.118. The lowest BCUT2D eigenvalue weighted by Crippen LogP contribution is -2.34. The van der Waals surface area contributed by atoms with Crippen molar-refractivity contribution in [1.82, 2.24) is 5.32 Å². The van der Waals surface area contributed by atoms with E-state index in [-0.39, 0.29) is 11.8 Å². The van der Waals surface area contributed by atoms with Crippen molar-refractivity contribution < 1.29 is 14.6 Å². The van der Waals surface area contributed by atoms with Gasteiger partial charge in [0.05, 0.1) is 7.11 Å². The molecular formula is C17H18N2O3. The number of amides is 2. The molecule has 0 unspecified atom stereocenters. The number of rotatable bonds is 4. The molecule has 22 heavy (non-hydrogen) atoms. The van der Waals surface area contributed by atoms with Crippen molar-refractivity contribution in [2.75, 3.05) is 19.1 Å². The molecule has 0 saturated heterocycles. The number of carbonyl (C=O) groups excluding carboxylic acids is 1. The summed E-state index contributed by atoms with van der Waals surface area (Å²) in [5, 5.41) is 11.9. The molecule has 0 heterocycles. The highest BCUT2D eigenvalue weighted by Crippen LogP contribution is 2.17. The van der Waals surface area contributed by atoms with E-state index in [0.29, 0.717) is 5.69 Å². The highest BCUT2D eigenvalue weighted by atomic mass is 16.5. The van der Waals surface area contributed by atoms with Crippen LogP contribution in [0.3, 0.4) is 0 Å². The van der Waals surface area contributed by atoms with Gasteiger partial charge in [0.25, 0.3) is 0 Å². The summed E-state index contributed by atoms with van der Waals surface area (Å²) in [5.41, 5.74) is 1.61. The lowest BCUT2D eigenvalue weighted by atomic mass is 10.2. The van der Waals surface area contributed by atoms with Crippen LogP contribution in [0.15, 0.2) is 54.7 Å². The number of phenolic OH excluding ortho intramolecular Hbond substituents is 1. The molecule has 114 valence electrons. The lowest BCUT2D eigenvalue weighted by molar-refractivity contribution is 0.250. The Balaban J connectivity index is 1.96. The standard InChI is InChI=1S/C17H18N2O3/c1-19(14-6-8-15(20)9-7-14)17(21)18-11-10-13-4-3-5-16(12-13)22-2/h3-12,20H,1-2H3,(H,18,21)/b11-10+. The Morgan fingerprint density at radius 2 is 1.95 bits per heavy atom. The smallest absolute Gasteiger partial charge is 0.325 e. The predicted octanol–water partition coefficient (Wildman–Crippen LogP) is 3.22. The van der Waals surface area contributed by atoms with Gasteiger partial charge in [0, 0.05) is 18.9 Å². The number of carbonyl (C=O) groups is 1. The lowest BCUT2D eigenvalue weighted by Gasteiger charge is -2.16. The number of benzene rings is 2. The molecule has 0 aromatic heterocycles. The number of hydrogen-bond donors (Lipinski definition) is 2. The topological polar surface area (TPSA) is 61.8 Å². The second-order valence-electron chi connectivity index (χ2n) is 4.63. The minimum absolute atomic E-state index is 0.162. The molecule has 0 aliphatic rings. The molecule has 2 aromatic rings. The zero-order valence-electron chi connectivity index (χ0n) is 12.5. The van der Waals surface area contributed by atoms with Gasteiger partial charge in [0.2, 0.25) is 0 Å². The van der Waals surface area contributed by atoms with Gasteiger partial charge in [-0.2, -0.15) is 0 Å². The van der Waals surface area contributed by atoms with Crippen LogP contribution in [0.2, 0.25) is 0 Å². The maximum atomic E-state index is 12.0. The van der Waals surface area contributed by atoms with Gasteiger partial charge < -0.3 is 15.2 Å². The van der Waals surface area contributed by atoms with E-state index in [0.717, 1.165) is 11.3 Å². The second kappa shape index (κ2) is 7.17. The summed E-state index contributed by atoms with van der Waals surface area (Å²) < 4.78 is 5.14.